The lowest BCUT2D eigenvalue weighted by Crippen LogP contribution is -2.41. The molecule has 12 aromatic rings. The smallest absolute Gasteiger partial charge is 0.455 e. The van der Waals surface area contributed by atoms with Crippen LogP contribution >= 0.6 is 15.9 Å². The number of aromatic nitrogens is 4. The van der Waals surface area contributed by atoms with E-state index in [2.05, 4.69) is 36.5 Å². The SMILES string of the molecule is CNC(=O)c1c(-c2ccc(F)cc2)oc2cc(N(C)S(C)(=O)=O)c(-c3cnc(=O)n(-c4ccc5ccccc5c4)c3)cc12.CNC(=O)c1c(-c2ccc(F)cc2)oc2cc(N(C)S(C)(=O)=O)c(B3OC(C)(C)C(C)(C)O3)cc12.O=c1ncc(Br)cn1-c1ccc2ccccc2c1. The van der Waals surface area contributed by atoms with Crippen LogP contribution in [-0.2, 0) is 29.4 Å². The summed E-state index contributed by atoms with van der Waals surface area (Å²) in [7, 11) is -2.50. The normalized spacial score (nSPS) is 13.4. The molecule has 0 saturated carbocycles. The Morgan fingerprint density at radius 2 is 0.958 bits per heavy atom. The molecule has 2 amide bonds. The lowest BCUT2D eigenvalue weighted by Gasteiger charge is -2.32. The fourth-order valence-corrected chi connectivity index (χ4v) is 12.2. The monoisotopic (exact) mass is 1400 g/mol. The first-order valence-electron chi connectivity index (χ1n) is 29.7. The molecular formula is C70H62BBrF2N8O12S2. The van der Waals surface area contributed by atoms with Crippen molar-refractivity contribution < 1.29 is 53.3 Å². The average Bonchev–Trinajstić information content (AvgIpc) is 1.57. The number of benzene rings is 8. The number of furan rings is 2. The van der Waals surface area contributed by atoms with Crippen molar-refractivity contribution in [2.24, 2.45) is 0 Å². The van der Waals surface area contributed by atoms with Crippen LogP contribution in [0.3, 0.4) is 0 Å². The number of carbonyl (C=O) groups excluding carboxylic acids is 2. The Morgan fingerprint density at radius 3 is 1.42 bits per heavy atom. The van der Waals surface area contributed by atoms with Crippen molar-refractivity contribution in [3.05, 3.63) is 231 Å². The lowest BCUT2D eigenvalue weighted by atomic mass is 9.77. The van der Waals surface area contributed by atoms with Crippen molar-refractivity contribution >= 4 is 115 Å². The van der Waals surface area contributed by atoms with E-state index < -0.39 is 67.5 Å². The zero-order valence-electron chi connectivity index (χ0n) is 53.4. The molecule has 0 aliphatic carbocycles. The summed E-state index contributed by atoms with van der Waals surface area (Å²) in [6.07, 6.45) is 8.33. The molecule has 0 atom stereocenters. The van der Waals surface area contributed by atoms with Gasteiger partial charge in [-0.25, -0.2) is 45.2 Å². The van der Waals surface area contributed by atoms with Gasteiger partial charge in [0.05, 0.1) is 62.1 Å². The second-order valence-electron chi connectivity index (χ2n) is 23.6. The number of hydrogen-bond acceptors (Lipinski definition) is 14. The predicted octanol–water partition coefficient (Wildman–Crippen LogP) is 11.8. The fourth-order valence-electron chi connectivity index (χ4n) is 10.8. The number of fused-ring (bicyclic) bond motifs is 4. The molecule has 0 spiro atoms. The Labute approximate surface area is 559 Å². The Hall–Kier alpha value is -10.1. The van der Waals surface area contributed by atoms with Gasteiger partial charge in [-0.1, -0.05) is 60.7 Å². The first kappa shape index (κ1) is 67.3. The molecule has 0 unspecified atom stereocenters. The molecule has 26 heteroatoms. The highest BCUT2D eigenvalue weighted by Crippen LogP contribution is 2.43. The van der Waals surface area contributed by atoms with E-state index in [1.807, 2.05) is 107 Å². The van der Waals surface area contributed by atoms with Gasteiger partial charge in [0.15, 0.2) is 0 Å². The highest BCUT2D eigenvalue weighted by atomic mass is 79.9. The maximum atomic E-state index is 13.7. The van der Waals surface area contributed by atoms with E-state index in [-0.39, 0.29) is 45.2 Å². The van der Waals surface area contributed by atoms with Crippen LogP contribution in [0.4, 0.5) is 20.2 Å². The second-order valence-corrected chi connectivity index (χ2v) is 28.5. The number of hydrogen-bond donors (Lipinski definition) is 2. The van der Waals surface area contributed by atoms with Crippen molar-refractivity contribution in [3.8, 4) is 45.1 Å². The quantitative estimate of drug-likeness (QED) is 0.108. The van der Waals surface area contributed by atoms with Crippen LogP contribution in [0.5, 0.6) is 0 Å². The molecule has 1 fully saturated rings. The number of carbonyl (C=O) groups is 2. The predicted molar refractivity (Wildman–Crippen MR) is 374 cm³/mol. The average molecular weight is 1400 g/mol. The third kappa shape index (κ3) is 13.5. The lowest BCUT2D eigenvalue weighted by molar-refractivity contribution is 0.00578. The molecule has 8 aromatic carbocycles. The Morgan fingerprint density at radius 1 is 0.542 bits per heavy atom. The molecule has 1 aliphatic heterocycles. The first-order valence-corrected chi connectivity index (χ1v) is 34.2. The molecule has 1 aliphatic rings. The summed E-state index contributed by atoms with van der Waals surface area (Å²) >= 11 is 3.32. The molecule has 0 radical (unpaired) electrons. The Kier molecular flexibility index (Phi) is 18.4. The van der Waals surface area contributed by atoms with E-state index in [0.717, 1.165) is 52.8 Å². The molecule has 13 rings (SSSR count). The van der Waals surface area contributed by atoms with Gasteiger partial charge in [0.2, 0.25) is 20.0 Å². The molecular weight excluding hydrogens is 1340 g/mol. The maximum Gasteiger partial charge on any atom is 0.497 e. The molecule has 2 N–H and O–H groups in total. The standard InChI is InChI=1S/C32H25FN4O5S.C24H28BFN2O6S.C14H9BrN2O/c1-34-31(38)29-26-15-25(22-17-35-32(39)37(18-22)24-13-10-19-6-4-5-7-21(19)14-24)27(36(2)43(3,40)41)16-28(26)42-30(29)20-8-11-23(33)12-9-20;1-23(2)24(3,4)34-25(33-23)17-12-16-19(13-18(17)28(6)35(7,30)31)32-21(20(16)22(29)27-5)14-8-10-15(26)11-9-14;15-12-8-16-14(18)17(9-12)13-6-5-10-3-1-2-4-11(10)7-13/h4-18H,1-3H3,(H,34,38);8-13H,1-7H3,(H,27,29);1-9H. The van der Waals surface area contributed by atoms with Crippen LogP contribution in [0.1, 0.15) is 48.4 Å². The van der Waals surface area contributed by atoms with Crippen molar-refractivity contribution in [1.82, 2.24) is 29.7 Å². The summed E-state index contributed by atoms with van der Waals surface area (Å²) < 4.78 is 108. The number of amides is 2. The largest absolute Gasteiger partial charge is 0.497 e. The maximum absolute atomic E-state index is 13.7. The third-order valence-corrected chi connectivity index (χ3v) is 19.6. The van der Waals surface area contributed by atoms with E-state index in [1.165, 1.54) is 104 Å². The van der Waals surface area contributed by atoms with Crippen molar-refractivity contribution in [3.63, 3.8) is 0 Å². The summed E-state index contributed by atoms with van der Waals surface area (Å²) in [5, 5.41) is 10.3. The van der Waals surface area contributed by atoms with Gasteiger partial charge in [-0.2, -0.15) is 0 Å². The van der Waals surface area contributed by atoms with Crippen molar-refractivity contribution in [2.75, 3.05) is 49.3 Å². The van der Waals surface area contributed by atoms with Gasteiger partial charge in [-0.05, 0) is 150 Å². The van der Waals surface area contributed by atoms with Crippen LogP contribution < -0.4 is 36.1 Å². The van der Waals surface area contributed by atoms with Gasteiger partial charge >= 0.3 is 18.5 Å². The topological polar surface area (TPSA) is 247 Å². The van der Waals surface area contributed by atoms with E-state index in [1.54, 1.807) is 36.7 Å². The summed E-state index contributed by atoms with van der Waals surface area (Å²) in [6, 6.07) is 44.7. The Bertz CT molecular complexity index is 5420. The van der Waals surface area contributed by atoms with E-state index in [9.17, 15) is 44.8 Å². The summed E-state index contributed by atoms with van der Waals surface area (Å²) in [6.45, 7) is 7.58. The van der Waals surface area contributed by atoms with Gasteiger partial charge in [0, 0.05) is 104 Å². The van der Waals surface area contributed by atoms with E-state index in [4.69, 9.17) is 18.1 Å². The molecule has 96 heavy (non-hydrogen) atoms. The van der Waals surface area contributed by atoms with E-state index >= 15 is 0 Å². The zero-order valence-corrected chi connectivity index (χ0v) is 56.6. The highest BCUT2D eigenvalue weighted by molar-refractivity contribution is 9.10. The summed E-state index contributed by atoms with van der Waals surface area (Å²) in [5.74, 6) is -1.31. The number of nitrogens with zero attached hydrogens (tertiary/aromatic N) is 6. The molecule has 1 saturated heterocycles. The van der Waals surface area contributed by atoms with Gasteiger partial charge < -0.3 is 28.8 Å². The first-order chi connectivity index (χ1) is 45.4. The number of rotatable bonds is 12. The minimum atomic E-state index is -3.75. The second kappa shape index (κ2) is 26.2. The molecule has 5 heterocycles. The van der Waals surface area contributed by atoms with Crippen LogP contribution in [0.2, 0.25) is 0 Å². The molecule has 0 bridgehead atoms. The fraction of sp³-hybridized carbons (Fsp3) is 0.171. The third-order valence-electron chi connectivity index (χ3n) is 16.8. The summed E-state index contributed by atoms with van der Waals surface area (Å²) in [5.41, 5.74) is 2.92. The zero-order chi connectivity index (χ0) is 68.9. The van der Waals surface area contributed by atoms with Crippen LogP contribution in [0, 0.1) is 11.6 Å². The number of halogens is 3. The van der Waals surface area contributed by atoms with Crippen LogP contribution in [-0.4, -0.2) is 107 Å². The van der Waals surface area contributed by atoms with Gasteiger partial charge in [0.25, 0.3) is 11.8 Å². The van der Waals surface area contributed by atoms with Crippen LogP contribution in [0.15, 0.2) is 205 Å². The van der Waals surface area contributed by atoms with Crippen molar-refractivity contribution in [1.29, 1.82) is 0 Å². The Balaban J connectivity index is 0.000000158. The number of anilines is 2. The number of nitrogens with one attached hydrogen (secondary N) is 2. The minimum Gasteiger partial charge on any atom is -0.455 e. The highest BCUT2D eigenvalue weighted by Gasteiger charge is 2.53. The van der Waals surface area contributed by atoms with Gasteiger partial charge in [-0.3, -0.25) is 27.3 Å². The summed E-state index contributed by atoms with van der Waals surface area (Å²) in [4.78, 5) is 58.7. The van der Waals surface area contributed by atoms with Gasteiger partial charge in [0.1, 0.15) is 34.3 Å². The number of sulfonamides is 2. The van der Waals surface area contributed by atoms with Crippen LogP contribution in [0.25, 0.3) is 88.6 Å². The molecule has 4 aromatic heterocycles. The molecule has 20 nitrogen and oxygen atoms in total. The van der Waals surface area contributed by atoms with Gasteiger partial charge in [-0.15, -0.1) is 0 Å². The van der Waals surface area contributed by atoms with E-state index in [0.29, 0.717) is 49.9 Å². The molecule has 490 valence electrons. The van der Waals surface area contributed by atoms with Crippen molar-refractivity contribution in [2.45, 2.75) is 38.9 Å². The minimum absolute atomic E-state index is 0.190.